The van der Waals surface area contributed by atoms with E-state index in [1.54, 1.807) is 11.0 Å². The zero-order valence-electron chi connectivity index (χ0n) is 18.8. The number of rotatable bonds is 4. The number of alkyl halides is 3. The number of ether oxygens (including phenoxy) is 2. The summed E-state index contributed by atoms with van der Waals surface area (Å²) in [6.45, 7) is 3.05. The van der Waals surface area contributed by atoms with Crippen LogP contribution in [0.5, 0.6) is 5.75 Å². The lowest BCUT2D eigenvalue weighted by atomic mass is 10.0. The fourth-order valence-corrected chi connectivity index (χ4v) is 5.20. The lowest BCUT2D eigenvalue weighted by Gasteiger charge is -2.32. The standard InChI is InChI=1S/C23H25F3N4O5/c24-23(25,26)35-17-4-1-14(2-5-17)3-6-20(31)29-9-15-11-30(12-16(15)10-29)22(33)28-8-7-18-19(13-28)34-21(32)27-18/h1-2,4-5,7,15-16,19H,3,6,8-13H2,(H,27,32)/t15-,16-,19-/m1/s1. The van der Waals surface area contributed by atoms with Crippen molar-refractivity contribution in [1.29, 1.82) is 0 Å². The van der Waals surface area contributed by atoms with Gasteiger partial charge in [0.25, 0.3) is 0 Å². The first-order valence-corrected chi connectivity index (χ1v) is 11.5. The number of halogens is 3. The Kier molecular flexibility index (Phi) is 5.97. The molecule has 1 aromatic rings. The molecule has 188 valence electrons. The number of nitrogens with one attached hydrogen (secondary N) is 1. The second-order valence-electron chi connectivity index (χ2n) is 9.28. The number of amides is 4. The molecule has 3 atom stereocenters. The molecule has 0 saturated carbocycles. The molecule has 0 bridgehead atoms. The van der Waals surface area contributed by atoms with Crippen molar-refractivity contribution >= 4 is 18.0 Å². The fraction of sp³-hybridized carbons (Fsp3) is 0.522. The van der Waals surface area contributed by atoms with E-state index in [1.807, 2.05) is 9.80 Å². The van der Waals surface area contributed by atoms with Crippen LogP contribution in [0, 0.1) is 11.8 Å². The highest BCUT2D eigenvalue weighted by molar-refractivity contribution is 5.78. The van der Waals surface area contributed by atoms with Crippen molar-refractivity contribution < 1.29 is 37.0 Å². The molecule has 12 heteroatoms. The molecule has 4 amide bonds. The molecular weight excluding hydrogens is 469 g/mol. The van der Waals surface area contributed by atoms with Crippen molar-refractivity contribution in [3.8, 4) is 5.75 Å². The van der Waals surface area contributed by atoms with Crippen LogP contribution >= 0.6 is 0 Å². The van der Waals surface area contributed by atoms with E-state index in [2.05, 4.69) is 10.1 Å². The largest absolute Gasteiger partial charge is 0.573 e. The number of aryl methyl sites for hydroxylation is 1. The summed E-state index contributed by atoms with van der Waals surface area (Å²) >= 11 is 0. The van der Waals surface area contributed by atoms with Gasteiger partial charge in [0.1, 0.15) is 5.75 Å². The van der Waals surface area contributed by atoms with E-state index >= 15 is 0 Å². The minimum Gasteiger partial charge on any atom is -0.438 e. The van der Waals surface area contributed by atoms with Gasteiger partial charge in [0.05, 0.1) is 12.2 Å². The number of urea groups is 1. The topological polar surface area (TPSA) is 91.4 Å². The lowest BCUT2D eigenvalue weighted by Crippen LogP contribution is -2.48. The van der Waals surface area contributed by atoms with Crippen molar-refractivity contribution in [1.82, 2.24) is 20.0 Å². The van der Waals surface area contributed by atoms with E-state index in [1.165, 1.54) is 24.3 Å². The minimum absolute atomic E-state index is 0.00265. The number of carbonyl (C=O) groups excluding carboxylic acids is 3. The van der Waals surface area contributed by atoms with Crippen molar-refractivity contribution in [3.63, 3.8) is 0 Å². The summed E-state index contributed by atoms with van der Waals surface area (Å²) in [4.78, 5) is 42.4. The third kappa shape index (κ3) is 5.15. The number of alkyl carbamates (subject to hydrolysis) is 1. The van der Waals surface area contributed by atoms with Gasteiger partial charge in [0.15, 0.2) is 6.10 Å². The summed E-state index contributed by atoms with van der Waals surface area (Å²) in [6, 6.07) is 5.44. The summed E-state index contributed by atoms with van der Waals surface area (Å²) in [5.41, 5.74) is 1.46. The molecule has 0 unspecified atom stereocenters. The molecule has 0 radical (unpaired) electrons. The third-order valence-electron chi connectivity index (χ3n) is 6.92. The average molecular weight is 494 g/mol. The number of likely N-dealkylation sites (tertiary alicyclic amines) is 2. The SMILES string of the molecule is O=C1NC2=CCN(C(=O)N3C[C@H]4CN(C(=O)CCc5ccc(OC(F)(F)F)cc5)C[C@@H]4C3)C[C@H]2O1. The zero-order valence-corrected chi connectivity index (χ0v) is 18.8. The molecule has 35 heavy (non-hydrogen) atoms. The van der Waals surface area contributed by atoms with Crippen LogP contribution in [0.15, 0.2) is 36.0 Å². The Balaban J connectivity index is 1.07. The van der Waals surface area contributed by atoms with E-state index in [0.29, 0.717) is 51.4 Å². The Morgan fingerprint density at radius 3 is 2.31 bits per heavy atom. The third-order valence-corrected chi connectivity index (χ3v) is 6.92. The van der Waals surface area contributed by atoms with Gasteiger partial charge in [0, 0.05) is 51.0 Å². The highest BCUT2D eigenvalue weighted by Crippen LogP contribution is 2.33. The first kappa shape index (κ1) is 23.3. The molecule has 9 nitrogen and oxygen atoms in total. The molecule has 0 spiro atoms. The van der Waals surface area contributed by atoms with Gasteiger partial charge in [-0.15, -0.1) is 13.2 Å². The monoisotopic (exact) mass is 494 g/mol. The van der Waals surface area contributed by atoms with Crippen LogP contribution in [0.3, 0.4) is 0 Å². The van der Waals surface area contributed by atoms with Gasteiger partial charge in [0.2, 0.25) is 5.91 Å². The van der Waals surface area contributed by atoms with E-state index in [4.69, 9.17) is 4.74 Å². The maximum atomic E-state index is 13.0. The number of carbonyl (C=O) groups is 3. The van der Waals surface area contributed by atoms with Gasteiger partial charge in [-0.3, -0.25) is 10.1 Å². The van der Waals surface area contributed by atoms with Crippen LogP contribution in [0.25, 0.3) is 0 Å². The quantitative estimate of drug-likeness (QED) is 0.694. The van der Waals surface area contributed by atoms with Crippen molar-refractivity contribution in [2.75, 3.05) is 39.3 Å². The maximum absolute atomic E-state index is 13.0. The highest BCUT2D eigenvalue weighted by atomic mass is 19.4. The maximum Gasteiger partial charge on any atom is 0.573 e. The Hall–Kier alpha value is -3.44. The highest BCUT2D eigenvalue weighted by Gasteiger charge is 2.44. The summed E-state index contributed by atoms with van der Waals surface area (Å²) in [5, 5.41) is 2.63. The number of hydrogen-bond acceptors (Lipinski definition) is 5. The zero-order chi connectivity index (χ0) is 24.7. The Morgan fingerprint density at radius 2 is 1.66 bits per heavy atom. The first-order valence-electron chi connectivity index (χ1n) is 11.5. The second kappa shape index (κ2) is 8.97. The number of benzene rings is 1. The molecule has 1 aromatic carbocycles. The molecule has 1 N–H and O–H groups in total. The number of nitrogens with zero attached hydrogens (tertiary/aromatic N) is 3. The second-order valence-corrected chi connectivity index (χ2v) is 9.28. The van der Waals surface area contributed by atoms with Crippen LogP contribution in [-0.2, 0) is 16.0 Å². The smallest absolute Gasteiger partial charge is 0.438 e. The Labute approximate surface area is 199 Å². The van der Waals surface area contributed by atoms with Crippen molar-refractivity contribution in [3.05, 3.63) is 41.6 Å². The molecule has 4 aliphatic heterocycles. The van der Waals surface area contributed by atoms with Gasteiger partial charge in [-0.25, -0.2) is 9.59 Å². The van der Waals surface area contributed by atoms with Crippen LogP contribution in [0.1, 0.15) is 12.0 Å². The predicted octanol–water partition coefficient (Wildman–Crippen LogP) is 2.34. The van der Waals surface area contributed by atoms with Gasteiger partial charge < -0.3 is 24.2 Å². The summed E-state index contributed by atoms with van der Waals surface area (Å²) < 4.78 is 45.9. The normalized spacial score (nSPS) is 25.6. The molecule has 0 aromatic heterocycles. The average Bonchev–Trinajstić information content (AvgIpc) is 3.48. The minimum atomic E-state index is -4.73. The van der Waals surface area contributed by atoms with Crippen LogP contribution in [-0.4, -0.2) is 84.5 Å². The van der Waals surface area contributed by atoms with Crippen LogP contribution in [0.2, 0.25) is 0 Å². The fourth-order valence-electron chi connectivity index (χ4n) is 5.20. The van der Waals surface area contributed by atoms with E-state index < -0.39 is 18.6 Å². The molecule has 3 saturated heterocycles. The molecule has 0 aliphatic carbocycles. The summed E-state index contributed by atoms with van der Waals surface area (Å²) in [5.74, 6) is 0.130. The lowest BCUT2D eigenvalue weighted by molar-refractivity contribution is -0.274. The Morgan fingerprint density at radius 1 is 1.00 bits per heavy atom. The van der Waals surface area contributed by atoms with Gasteiger partial charge in [-0.2, -0.15) is 0 Å². The van der Waals surface area contributed by atoms with E-state index in [0.717, 1.165) is 5.56 Å². The van der Waals surface area contributed by atoms with Gasteiger partial charge in [-0.1, -0.05) is 12.1 Å². The number of fused-ring (bicyclic) bond motifs is 2. The number of hydrogen-bond donors (Lipinski definition) is 1. The van der Waals surface area contributed by atoms with Gasteiger partial charge in [-0.05, 0) is 30.2 Å². The predicted molar refractivity (Wildman–Crippen MR) is 115 cm³/mol. The molecule has 3 fully saturated rings. The summed E-state index contributed by atoms with van der Waals surface area (Å²) in [6.07, 6.45) is -3.19. The van der Waals surface area contributed by atoms with E-state index in [-0.39, 0.29) is 35.9 Å². The molecule has 4 aliphatic rings. The summed E-state index contributed by atoms with van der Waals surface area (Å²) in [7, 11) is 0. The molecule has 4 heterocycles. The van der Waals surface area contributed by atoms with E-state index in [9.17, 15) is 27.6 Å². The molecular formula is C23H25F3N4O5. The molecule has 5 rings (SSSR count). The van der Waals surface area contributed by atoms with Crippen molar-refractivity contribution in [2.45, 2.75) is 25.3 Å². The first-order chi connectivity index (χ1) is 16.6. The van der Waals surface area contributed by atoms with Gasteiger partial charge >= 0.3 is 18.5 Å². The van der Waals surface area contributed by atoms with Crippen LogP contribution < -0.4 is 10.1 Å². The van der Waals surface area contributed by atoms with Crippen molar-refractivity contribution in [2.24, 2.45) is 11.8 Å². The Bertz CT molecular complexity index is 1030. The van der Waals surface area contributed by atoms with Crippen LogP contribution in [0.4, 0.5) is 22.8 Å².